The quantitative estimate of drug-likeness (QED) is 0.841. The Balaban J connectivity index is 1.42. The van der Waals surface area contributed by atoms with Crippen molar-refractivity contribution in [3.63, 3.8) is 0 Å². The van der Waals surface area contributed by atoms with E-state index in [4.69, 9.17) is 0 Å². The van der Waals surface area contributed by atoms with Gasteiger partial charge in [-0.2, -0.15) is 0 Å². The minimum absolute atomic E-state index is 0.0292. The lowest BCUT2D eigenvalue weighted by molar-refractivity contribution is -0.120. The molecule has 1 saturated heterocycles. The smallest absolute Gasteiger partial charge is 0.251 e. The first kappa shape index (κ1) is 18.0. The van der Waals surface area contributed by atoms with Gasteiger partial charge in [-0.1, -0.05) is 29.8 Å². The number of anilines is 1. The molecular formula is C21H25N3O2. The summed E-state index contributed by atoms with van der Waals surface area (Å²) in [6.45, 7) is 4.64. The zero-order chi connectivity index (χ0) is 18.4. The molecule has 0 bridgehead atoms. The van der Waals surface area contributed by atoms with E-state index in [-0.39, 0.29) is 18.4 Å². The fraction of sp³-hybridized carbons (Fsp3) is 0.333. The van der Waals surface area contributed by atoms with E-state index >= 15 is 0 Å². The van der Waals surface area contributed by atoms with Gasteiger partial charge in [0.25, 0.3) is 5.91 Å². The summed E-state index contributed by atoms with van der Waals surface area (Å²) in [7, 11) is 0. The van der Waals surface area contributed by atoms with Gasteiger partial charge in [0.1, 0.15) is 0 Å². The van der Waals surface area contributed by atoms with E-state index in [9.17, 15) is 9.59 Å². The number of rotatable bonds is 6. The van der Waals surface area contributed by atoms with Crippen LogP contribution in [0.5, 0.6) is 0 Å². The highest BCUT2D eigenvalue weighted by molar-refractivity contribution is 5.96. The molecule has 1 fully saturated rings. The molecule has 1 heterocycles. The maximum absolute atomic E-state index is 12.0. The second kappa shape index (κ2) is 8.52. The zero-order valence-corrected chi connectivity index (χ0v) is 15.1. The molecule has 0 aliphatic carbocycles. The van der Waals surface area contributed by atoms with Gasteiger partial charge in [0, 0.05) is 30.9 Å². The molecule has 0 unspecified atom stereocenters. The van der Waals surface area contributed by atoms with E-state index in [1.54, 1.807) is 12.1 Å². The standard InChI is InChI=1S/C21H25N3O2/c1-16-4-8-18(9-5-16)21(26)23-15-20(25)22-14-17-6-10-19(11-7-17)24-12-2-3-13-24/h4-11H,2-3,12-15H2,1H3,(H,22,25)(H,23,26). The van der Waals surface area contributed by atoms with Crippen molar-refractivity contribution in [2.75, 3.05) is 24.5 Å². The van der Waals surface area contributed by atoms with Gasteiger partial charge in [-0.3, -0.25) is 9.59 Å². The van der Waals surface area contributed by atoms with E-state index in [0.29, 0.717) is 12.1 Å². The van der Waals surface area contributed by atoms with E-state index in [1.807, 2.05) is 31.2 Å². The lowest BCUT2D eigenvalue weighted by atomic mass is 10.1. The van der Waals surface area contributed by atoms with Crippen LogP contribution in [0.3, 0.4) is 0 Å². The number of carbonyl (C=O) groups excluding carboxylic acids is 2. The summed E-state index contributed by atoms with van der Waals surface area (Å²) in [5.74, 6) is -0.441. The highest BCUT2D eigenvalue weighted by Gasteiger charge is 2.12. The van der Waals surface area contributed by atoms with Crippen molar-refractivity contribution >= 4 is 17.5 Å². The van der Waals surface area contributed by atoms with Gasteiger partial charge >= 0.3 is 0 Å². The number of benzene rings is 2. The number of amides is 2. The molecule has 5 heteroatoms. The largest absolute Gasteiger partial charge is 0.372 e. The lowest BCUT2D eigenvalue weighted by Gasteiger charge is -2.17. The van der Waals surface area contributed by atoms with Crippen molar-refractivity contribution in [1.82, 2.24) is 10.6 Å². The van der Waals surface area contributed by atoms with Crippen LogP contribution in [0, 0.1) is 6.92 Å². The van der Waals surface area contributed by atoms with Crippen molar-refractivity contribution in [3.8, 4) is 0 Å². The van der Waals surface area contributed by atoms with Gasteiger partial charge in [0.05, 0.1) is 6.54 Å². The highest BCUT2D eigenvalue weighted by Crippen LogP contribution is 2.20. The molecule has 5 nitrogen and oxygen atoms in total. The Bertz CT molecular complexity index is 748. The van der Waals surface area contributed by atoms with Crippen molar-refractivity contribution in [3.05, 3.63) is 65.2 Å². The monoisotopic (exact) mass is 351 g/mol. The summed E-state index contributed by atoms with van der Waals surface area (Å²) in [6.07, 6.45) is 2.51. The predicted octanol–water partition coefficient (Wildman–Crippen LogP) is 2.64. The first-order valence-corrected chi connectivity index (χ1v) is 9.07. The molecular weight excluding hydrogens is 326 g/mol. The average Bonchev–Trinajstić information content (AvgIpc) is 3.20. The van der Waals surface area contributed by atoms with Crippen molar-refractivity contribution in [2.45, 2.75) is 26.3 Å². The maximum atomic E-state index is 12.0. The minimum Gasteiger partial charge on any atom is -0.372 e. The Hall–Kier alpha value is -2.82. The van der Waals surface area contributed by atoms with Crippen molar-refractivity contribution < 1.29 is 9.59 Å². The molecule has 2 aromatic rings. The number of nitrogens with one attached hydrogen (secondary N) is 2. The SMILES string of the molecule is Cc1ccc(C(=O)NCC(=O)NCc2ccc(N3CCCC3)cc2)cc1. The molecule has 0 spiro atoms. The molecule has 1 aliphatic heterocycles. The number of hydrogen-bond donors (Lipinski definition) is 2. The Labute approximate surface area is 154 Å². The maximum Gasteiger partial charge on any atom is 0.251 e. The fourth-order valence-electron chi connectivity index (χ4n) is 3.03. The van der Waals surface area contributed by atoms with Crippen molar-refractivity contribution in [1.29, 1.82) is 0 Å². The van der Waals surface area contributed by atoms with Crippen molar-refractivity contribution in [2.24, 2.45) is 0 Å². The number of nitrogens with zero attached hydrogens (tertiary/aromatic N) is 1. The van der Waals surface area contributed by atoms with Crippen LogP contribution in [0.4, 0.5) is 5.69 Å². The van der Waals surface area contributed by atoms with Gasteiger partial charge in [0.2, 0.25) is 5.91 Å². The van der Waals surface area contributed by atoms with Gasteiger partial charge in [-0.25, -0.2) is 0 Å². The summed E-state index contributed by atoms with van der Waals surface area (Å²) in [5, 5.41) is 5.48. The van der Waals surface area contributed by atoms with Crippen LogP contribution in [-0.2, 0) is 11.3 Å². The zero-order valence-electron chi connectivity index (χ0n) is 15.1. The van der Waals surface area contributed by atoms with Crippen LogP contribution < -0.4 is 15.5 Å². The van der Waals surface area contributed by atoms with Crippen LogP contribution in [0.2, 0.25) is 0 Å². The topological polar surface area (TPSA) is 61.4 Å². The normalized spacial score (nSPS) is 13.5. The molecule has 2 aromatic carbocycles. The van der Waals surface area contributed by atoms with Crippen LogP contribution >= 0.6 is 0 Å². The first-order chi connectivity index (χ1) is 12.6. The molecule has 3 rings (SSSR count). The van der Waals surface area contributed by atoms with Gasteiger partial charge in [-0.15, -0.1) is 0 Å². The molecule has 1 aliphatic rings. The Morgan fingerprint density at radius 1 is 0.923 bits per heavy atom. The average molecular weight is 351 g/mol. The van der Waals surface area contributed by atoms with E-state index in [0.717, 1.165) is 24.2 Å². The first-order valence-electron chi connectivity index (χ1n) is 9.07. The summed E-state index contributed by atoms with van der Waals surface area (Å²) >= 11 is 0. The highest BCUT2D eigenvalue weighted by atomic mass is 16.2. The van der Waals surface area contributed by atoms with Crippen LogP contribution in [0.15, 0.2) is 48.5 Å². The van der Waals surface area contributed by atoms with Crippen LogP contribution in [-0.4, -0.2) is 31.4 Å². The molecule has 0 aromatic heterocycles. The van der Waals surface area contributed by atoms with Gasteiger partial charge in [0.15, 0.2) is 0 Å². The summed E-state index contributed by atoms with van der Waals surface area (Å²) in [6, 6.07) is 15.5. The van der Waals surface area contributed by atoms with Gasteiger partial charge < -0.3 is 15.5 Å². The molecule has 136 valence electrons. The third-order valence-corrected chi connectivity index (χ3v) is 4.62. The second-order valence-corrected chi connectivity index (χ2v) is 6.69. The van der Waals surface area contributed by atoms with E-state index in [1.165, 1.54) is 18.5 Å². The summed E-state index contributed by atoms with van der Waals surface area (Å²) < 4.78 is 0. The minimum atomic E-state index is -0.241. The fourth-order valence-corrected chi connectivity index (χ4v) is 3.03. The molecule has 2 amide bonds. The lowest BCUT2D eigenvalue weighted by Crippen LogP contribution is -2.36. The third-order valence-electron chi connectivity index (χ3n) is 4.62. The molecule has 0 radical (unpaired) electrons. The second-order valence-electron chi connectivity index (χ2n) is 6.69. The Morgan fingerprint density at radius 2 is 1.58 bits per heavy atom. The van der Waals surface area contributed by atoms with E-state index in [2.05, 4.69) is 27.7 Å². The Morgan fingerprint density at radius 3 is 2.23 bits per heavy atom. The Kier molecular flexibility index (Phi) is 5.89. The van der Waals surface area contributed by atoms with Crippen LogP contribution in [0.25, 0.3) is 0 Å². The van der Waals surface area contributed by atoms with Crippen LogP contribution in [0.1, 0.15) is 34.3 Å². The molecule has 0 atom stereocenters. The number of aryl methyl sites for hydroxylation is 1. The van der Waals surface area contributed by atoms with E-state index < -0.39 is 0 Å². The predicted molar refractivity (Wildman–Crippen MR) is 103 cm³/mol. The van der Waals surface area contributed by atoms with Gasteiger partial charge in [-0.05, 0) is 49.6 Å². The molecule has 2 N–H and O–H groups in total. The molecule has 0 saturated carbocycles. The molecule has 26 heavy (non-hydrogen) atoms. The summed E-state index contributed by atoms with van der Waals surface area (Å²) in [4.78, 5) is 26.3. The number of hydrogen-bond acceptors (Lipinski definition) is 3. The summed E-state index contributed by atoms with van der Waals surface area (Å²) in [5.41, 5.74) is 3.94. The number of carbonyl (C=O) groups is 2. The third kappa shape index (κ3) is 4.85.